The van der Waals surface area contributed by atoms with Gasteiger partial charge in [-0.1, -0.05) is 60.7 Å². The Balaban J connectivity index is 1.42. The molecule has 0 radical (unpaired) electrons. The fourth-order valence-electron chi connectivity index (χ4n) is 7.07. The number of hydrogen-bond donors (Lipinski definition) is 0. The van der Waals surface area contributed by atoms with E-state index in [0.717, 1.165) is 0 Å². The highest BCUT2D eigenvalue weighted by molar-refractivity contribution is 6.09. The molecule has 7 aromatic rings. The van der Waals surface area contributed by atoms with Gasteiger partial charge in [-0.05, 0) is 60.5 Å². The van der Waals surface area contributed by atoms with Gasteiger partial charge in [0.15, 0.2) is 18.4 Å². The van der Waals surface area contributed by atoms with Crippen molar-refractivity contribution in [2.75, 3.05) is 0 Å². The number of aromatic nitrogens is 3. The lowest BCUT2D eigenvalue weighted by atomic mass is 9.77. The first-order chi connectivity index (χ1) is 20.2. The molecule has 0 amide bonds. The van der Waals surface area contributed by atoms with E-state index in [1.54, 1.807) is 0 Å². The Morgan fingerprint density at radius 2 is 1.17 bits per heavy atom. The largest absolute Gasteiger partial charge is 0.309 e. The molecule has 3 aromatic heterocycles. The molecular weight excluding hydrogens is 498 g/mol. The maximum atomic E-state index is 2.45. The number of aryl methyl sites for hydroxylation is 1. The zero-order valence-electron chi connectivity index (χ0n) is 23.3. The van der Waals surface area contributed by atoms with Crippen LogP contribution in [0.1, 0.15) is 30.0 Å². The van der Waals surface area contributed by atoms with Gasteiger partial charge in [-0.3, -0.25) is 0 Å². The summed E-state index contributed by atoms with van der Waals surface area (Å²) >= 11 is 0. The number of rotatable bonds is 3. The zero-order chi connectivity index (χ0) is 27.5. The van der Waals surface area contributed by atoms with Crippen molar-refractivity contribution in [1.82, 2.24) is 4.57 Å². The van der Waals surface area contributed by atoms with E-state index >= 15 is 0 Å². The Kier molecular flexibility index (Phi) is 5.39. The number of benzene rings is 4. The van der Waals surface area contributed by atoms with Crippen molar-refractivity contribution >= 4 is 21.8 Å². The molecule has 3 heteroatoms. The maximum Gasteiger partial charge on any atom is 0.213 e. The van der Waals surface area contributed by atoms with Crippen molar-refractivity contribution in [3.8, 4) is 28.2 Å². The van der Waals surface area contributed by atoms with Gasteiger partial charge in [0.1, 0.15) is 7.05 Å². The minimum absolute atomic E-state index is 0.202. The van der Waals surface area contributed by atoms with Gasteiger partial charge in [-0.15, -0.1) is 0 Å². The molecule has 0 aliphatic carbocycles. The molecule has 1 aliphatic heterocycles. The molecule has 3 nitrogen and oxygen atoms in total. The second kappa shape index (κ2) is 9.28. The highest BCUT2D eigenvalue weighted by Gasteiger charge is 2.39. The minimum Gasteiger partial charge on any atom is -0.309 e. The van der Waals surface area contributed by atoms with E-state index in [-0.39, 0.29) is 12.0 Å². The van der Waals surface area contributed by atoms with Crippen LogP contribution in [0.3, 0.4) is 0 Å². The van der Waals surface area contributed by atoms with Crippen LogP contribution in [0.15, 0.2) is 140 Å². The van der Waals surface area contributed by atoms with Crippen molar-refractivity contribution in [3.05, 3.63) is 151 Å². The third-order valence-electron chi connectivity index (χ3n) is 8.92. The highest BCUT2D eigenvalue weighted by Crippen LogP contribution is 2.45. The summed E-state index contributed by atoms with van der Waals surface area (Å²) in [6.45, 7) is 2.36. The molecule has 0 saturated heterocycles. The summed E-state index contributed by atoms with van der Waals surface area (Å²) in [5.74, 6) is 0.202. The lowest BCUT2D eigenvalue weighted by molar-refractivity contribution is -0.713. The number of hydrogen-bond acceptors (Lipinski definition) is 0. The highest BCUT2D eigenvalue weighted by atomic mass is 15.0. The monoisotopic (exact) mass is 529 g/mol. The summed E-state index contributed by atoms with van der Waals surface area (Å²) in [7, 11) is 2.15. The normalized spacial score (nSPS) is 16.0. The van der Waals surface area contributed by atoms with Gasteiger partial charge in [0, 0.05) is 40.7 Å². The minimum atomic E-state index is 0.202. The first kappa shape index (κ1) is 23.8. The average Bonchev–Trinajstić information content (AvgIpc) is 3.36. The summed E-state index contributed by atoms with van der Waals surface area (Å²) in [5, 5.41) is 2.56. The van der Waals surface area contributed by atoms with Gasteiger partial charge in [0.2, 0.25) is 11.4 Å². The van der Waals surface area contributed by atoms with E-state index in [4.69, 9.17) is 0 Å². The van der Waals surface area contributed by atoms with Gasteiger partial charge in [0.05, 0.1) is 28.1 Å². The Bertz CT molecular complexity index is 2050. The van der Waals surface area contributed by atoms with Crippen LogP contribution in [0, 0.1) is 0 Å². The third kappa shape index (κ3) is 3.59. The second-order valence-electron chi connectivity index (χ2n) is 11.1. The Morgan fingerprint density at radius 3 is 1.93 bits per heavy atom. The molecule has 0 fully saturated rings. The molecule has 8 rings (SSSR count). The van der Waals surface area contributed by atoms with E-state index in [0.29, 0.717) is 0 Å². The molecule has 4 heterocycles. The van der Waals surface area contributed by atoms with E-state index in [2.05, 4.69) is 167 Å². The van der Waals surface area contributed by atoms with Gasteiger partial charge in [-0.2, -0.15) is 4.57 Å². The lowest BCUT2D eigenvalue weighted by Gasteiger charge is -2.30. The molecule has 1 aliphatic rings. The molecule has 0 bridgehead atoms. The SMILES string of the molecule is CC1C(c2ccc(-n3c4ccccc4c4ccccc43)cc2-c2cccc[n+]2C)c2ccccc2-c2cccc[n+]21. The fraction of sp³-hybridized carbons (Fsp3) is 0.105. The molecule has 196 valence electrons. The van der Waals surface area contributed by atoms with Crippen molar-refractivity contribution in [2.45, 2.75) is 18.9 Å². The van der Waals surface area contributed by atoms with E-state index in [1.165, 1.54) is 61.1 Å². The molecule has 2 atom stereocenters. The summed E-state index contributed by atoms with van der Waals surface area (Å²) in [4.78, 5) is 0. The van der Waals surface area contributed by atoms with Crippen LogP contribution in [0.5, 0.6) is 0 Å². The smallest absolute Gasteiger partial charge is 0.213 e. The maximum absolute atomic E-state index is 2.45. The molecular formula is C38H31N3+2. The third-order valence-corrected chi connectivity index (χ3v) is 8.92. The summed E-state index contributed by atoms with van der Waals surface area (Å²) in [6, 6.07) is 46.8. The zero-order valence-corrected chi connectivity index (χ0v) is 23.3. The van der Waals surface area contributed by atoms with Crippen LogP contribution < -0.4 is 9.13 Å². The molecule has 0 saturated carbocycles. The van der Waals surface area contributed by atoms with Crippen LogP contribution in [0.25, 0.3) is 50.0 Å². The van der Waals surface area contributed by atoms with Crippen molar-refractivity contribution in [2.24, 2.45) is 7.05 Å². The number of pyridine rings is 2. The van der Waals surface area contributed by atoms with Crippen LogP contribution in [-0.2, 0) is 7.05 Å². The van der Waals surface area contributed by atoms with E-state index in [9.17, 15) is 0 Å². The van der Waals surface area contributed by atoms with Crippen molar-refractivity contribution in [1.29, 1.82) is 0 Å². The van der Waals surface area contributed by atoms with Gasteiger partial charge in [-0.25, -0.2) is 4.57 Å². The second-order valence-corrected chi connectivity index (χ2v) is 11.1. The first-order valence-corrected chi connectivity index (χ1v) is 14.4. The summed E-state index contributed by atoms with van der Waals surface area (Å²) < 4.78 is 7.11. The lowest BCUT2D eigenvalue weighted by Crippen LogP contribution is -2.46. The molecule has 0 spiro atoms. The molecule has 4 aromatic carbocycles. The molecule has 2 unspecified atom stereocenters. The van der Waals surface area contributed by atoms with Crippen molar-refractivity contribution in [3.63, 3.8) is 0 Å². The quantitative estimate of drug-likeness (QED) is 0.206. The fourth-order valence-corrected chi connectivity index (χ4v) is 7.07. The summed E-state index contributed by atoms with van der Waals surface area (Å²) in [6.07, 6.45) is 4.38. The molecule has 0 N–H and O–H groups in total. The number of nitrogens with zero attached hydrogens (tertiary/aromatic N) is 3. The van der Waals surface area contributed by atoms with Crippen molar-refractivity contribution < 1.29 is 9.13 Å². The van der Waals surface area contributed by atoms with Gasteiger partial charge >= 0.3 is 0 Å². The molecule has 41 heavy (non-hydrogen) atoms. The topological polar surface area (TPSA) is 12.7 Å². The van der Waals surface area contributed by atoms with Crippen LogP contribution in [0.4, 0.5) is 0 Å². The predicted molar refractivity (Wildman–Crippen MR) is 166 cm³/mol. The van der Waals surface area contributed by atoms with Gasteiger partial charge in [0.25, 0.3) is 0 Å². The predicted octanol–water partition coefficient (Wildman–Crippen LogP) is 7.94. The number of fused-ring (bicyclic) bond motifs is 6. The summed E-state index contributed by atoms with van der Waals surface area (Å²) in [5.41, 5.74) is 11.4. The van der Waals surface area contributed by atoms with E-state index in [1.807, 2.05) is 0 Å². The Morgan fingerprint density at radius 1 is 0.561 bits per heavy atom. The van der Waals surface area contributed by atoms with E-state index < -0.39 is 0 Å². The van der Waals surface area contributed by atoms with Crippen LogP contribution in [-0.4, -0.2) is 4.57 Å². The Labute approximate surface area is 240 Å². The Hall–Kier alpha value is -5.02. The van der Waals surface area contributed by atoms with Crippen LogP contribution >= 0.6 is 0 Å². The van der Waals surface area contributed by atoms with Gasteiger partial charge < -0.3 is 4.57 Å². The standard InChI is InChI=1S/C38H31N3/c1-26-38(31-16-4-3-15-30(31)35-18-10-12-24-40(26)35)32-22-21-27(25-33(32)34-17-9-11-23-39(34)2)41-36-19-7-5-13-28(36)29-14-6-8-20-37(29)41/h3-26,38H,1-2H3/q+2. The number of para-hydroxylation sites is 2. The first-order valence-electron chi connectivity index (χ1n) is 14.4. The average molecular weight is 530 g/mol. The van der Waals surface area contributed by atoms with Crippen LogP contribution in [0.2, 0.25) is 0 Å².